The van der Waals surface area contributed by atoms with Gasteiger partial charge < -0.3 is 15.4 Å². The molecule has 1 aromatic carbocycles. The Morgan fingerprint density at radius 1 is 1.20 bits per heavy atom. The number of aromatic nitrogens is 2. The van der Waals surface area contributed by atoms with E-state index in [0.29, 0.717) is 24.1 Å². The van der Waals surface area contributed by atoms with E-state index in [1.165, 1.54) is 0 Å². The lowest BCUT2D eigenvalue weighted by Crippen LogP contribution is -2.15. The minimum Gasteiger partial charge on any atom is -0.439 e. The highest BCUT2D eigenvalue weighted by Gasteiger charge is 2.07. The summed E-state index contributed by atoms with van der Waals surface area (Å²) in [5.74, 6) is 2.50. The van der Waals surface area contributed by atoms with Crippen LogP contribution in [0.1, 0.15) is 11.3 Å². The molecule has 0 unspecified atom stereocenters. The third kappa shape index (κ3) is 3.61. The highest BCUT2D eigenvalue weighted by molar-refractivity contribution is 7.79. The minimum absolute atomic E-state index is 0.346. The molecule has 1 aromatic heterocycles. The first-order chi connectivity index (χ1) is 9.62. The molecule has 2 N–H and O–H groups in total. The van der Waals surface area contributed by atoms with Crippen LogP contribution in [0.3, 0.4) is 0 Å². The van der Waals surface area contributed by atoms with Gasteiger partial charge in [0.2, 0.25) is 11.8 Å². The van der Waals surface area contributed by atoms with Gasteiger partial charge in [0.25, 0.3) is 0 Å². The van der Waals surface area contributed by atoms with Crippen LogP contribution in [-0.2, 0) is 12.3 Å². The van der Waals surface area contributed by atoms with Gasteiger partial charge in [0.1, 0.15) is 5.75 Å². The van der Waals surface area contributed by atoms with Gasteiger partial charge in [0.05, 0.1) is 5.69 Å². The Bertz CT molecular complexity index is 572. The molecular weight excluding hydrogens is 272 g/mol. The van der Waals surface area contributed by atoms with Crippen LogP contribution in [0.2, 0.25) is 0 Å². The quantitative estimate of drug-likeness (QED) is 0.827. The summed E-state index contributed by atoms with van der Waals surface area (Å²) in [6.07, 6.45) is 0. The average molecular weight is 290 g/mol. The van der Waals surface area contributed by atoms with Crippen molar-refractivity contribution >= 4 is 18.6 Å². The van der Waals surface area contributed by atoms with Crippen molar-refractivity contribution in [2.75, 3.05) is 19.0 Å². The normalized spacial score (nSPS) is 10.4. The predicted octanol–water partition coefficient (Wildman–Crippen LogP) is 2.22. The number of hydrogen-bond acceptors (Lipinski definition) is 6. The molecular formula is C14H18N4OS. The Morgan fingerprint density at radius 3 is 2.45 bits per heavy atom. The summed E-state index contributed by atoms with van der Waals surface area (Å²) in [5, 5.41) is 0. The fraction of sp³-hybridized carbons (Fsp3) is 0.286. The summed E-state index contributed by atoms with van der Waals surface area (Å²) in [4.78, 5) is 10.5. The van der Waals surface area contributed by atoms with Crippen molar-refractivity contribution in [2.45, 2.75) is 12.3 Å². The monoisotopic (exact) mass is 290 g/mol. The summed E-state index contributed by atoms with van der Waals surface area (Å²) in [5.41, 5.74) is 7.53. The fourth-order valence-electron chi connectivity index (χ4n) is 1.60. The summed E-state index contributed by atoms with van der Waals surface area (Å²) < 4.78 is 5.75. The highest BCUT2D eigenvalue weighted by atomic mass is 32.1. The third-order valence-corrected chi connectivity index (χ3v) is 3.05. The molecule has 20 heavy (non-hydrogen) atoms. The molecule has 0 saturated carbocycles. The largest absolute Gasteiger partial charge is 0.439 e. The van der Waals surface area contributed by atoms with E-state index in [0.717, 1.165) is 17.0 Å². The average Bonchev–Trinajstić information content (AvgIpc) is 2.47. The van der Waals surface area contributed by atoms with Gasteiger partial charge in [-0.05, 0) is 17.7 Å². The maximum atomic E-state index is 5.75. The number of thiol groups is 1. The number of nitrogens with two attached hydrogens (primary N) is 1. The van der Waals surface area contributed by atoms with Gasteiger partial charge in [-0.2, -0.15) is 17.6 Å². The van der Waals surface area contributed by atoms with Crippen LogP contribution in [-0.4, -0.2) is 24.1 Å². The first-order valence-corrected chi connectivity index (χ1v) is 6.88. The van der Waals surface area contributed by atoms with E-state index < -0.39 is 0 Å². The number of rotatable bonds is 5. The molecule has 6 heteroatoms. The minimum atomic E-state index is 0.346. The van der Waals surface area contributed by atoms with Crippen molar-refractivity contribution < 1.29 is 4.74 Å². The molecule has 0 fully saturated rings. The van der Waals surface area contributed by atoms with Gasteiger partial charge >= 0.3 is 0 Å². The summed E-state index contributed by atoms with van der Waals surface area (Å²) in [7, 11) is 3.75. The first-order valence-electron chi connectivity index (χ1n) is 6.25. The van der Waals surface area contributed by atoms with Gasteiger partial charge in [0, 0.05) is 32.5 Å². The first kappa shape index (κ1) is 14.6. The molecule has 2 rings (SSSR count). The van der Waals surface area contributed by atoms with Crippen LogP contribution >= 0.6 is 12.6 Å². The number of nitrogens with zero attached hydrogens (tertiary/aromatic N) is 3. The third-order valence-electron chi connectivity index (χ3n) is 2.68. The molecule has 0 aliphatic carbocycles. The fourth-order valence-corrected chi connectivity index (χ4v) is 1.81. The molecule has 5 nitrogen and oxygen atoms in total. The molecule has 0 aliphatic rings. The van der Waals surface area contributed by atoms with Gasteiger partial charge in [-0.25, -0.2) is 4.98 Å². The zero-order chi connectivity index (χ0) is 14.5. The maximum Gasteiger partial charge on any atom is 0.228 e. The lowest BCUT2D eigenvalue weighted by Gasteiger charge is -2.13. The number of ether oxygens (including phenoxy) is 1. The molecule has 1 heterocycles. The van der Waals surface area contributed by atoms with Gasteiger partial charge in [0.15, 0.2) is 0 Å². The second-order valence-electron chi connectivity index (χ2n) is 4.50. The lowest BCUT2D eigenvalue weighted by atomic mass is 10.2. The summed E-state index contributed by atoms with van der Waals surface area (Å²) in [6.45, 7) is 0.346. The zero-order valence-corrected chi connectivity index (χ0v) is 12.5. The summed E-state index contributed by atoms with van der Waals surface area (Å²) in [6, 6.07) is 9.48. The Labute approximate surface area is 124 Å². The molecule has 0 atom stereocenters. The molecule has 0 amide bonds. The van der Waals surface area contributed by atoms with E-state index in [2.05, 4.69) is 22.6 Å². The van der Waals surface area contributed by atoms with Gasteiger partial charge in [-0.15, -0.1) is 0 Å². The molecule has 106 valence electrons. The second kappa shape index (κ2) is 6.58. The topological polar surface area (TPSA) is 64.3 Å². The zero-order valence-electron chi connectivity index (χ0n) is 11.6. The predicted molar refractivity (Wildman–Crippen MR) is 83.5 cm³/mol. The second-order valence-corrected chi connectivity index (χ2v) is 4.82. The van der Waals surface area contributed by atoms with Crippen molar-refractivity contribution in [2.24, 2.45) is 5.73 Å². The van der Waals surface area contributed by atoms with Crippen molar-refractivity contribution in [3.05, 3.63) is 41.6 Å². The molecule has 0 aliphatic heterocycles. The van der Waals surface area contributed by atoms with E-state index >= 15 is 0 Å². The van der Waals surface area contributed by atoms with Crippen LogP contribution in [0.25, 0.3) is 0 Å². The molecule has 2 aromatic rings. The standard InChI is InChI=1S/C14H18N4OS/c1-18(2)14-16-11(8-15)7-13(17-14)19-12-5-3-10(9-20)4-6-12/h3-7,20H,8-9,15H2,1-2H3. The highest BCUT2D eigenvalue weighted by Crippen LogP contribution is 2.22. The number of hydrogen-bond donors (Lipinski definition) is 2. The molecule has 0 radical (unpaired) electrons. The lowest BCUT2D eigenvalue weighted by molar-refractivity contribution is 0.460. The molecule has 0 spiro atoms. The van der Waals surface area contributed by atoms with E-state index in [4.69, 9.17) is 10.5 Å². The van der Waals surface area contributed by atoms with Crippen molar-refractivity contribution in [1.29, 1.82) is 0 Å². The summed E-state index contributed by atoms with van der Waals surface area (Å²) >= 11 is 4.22. The van der Waals surface area contributed by atoms with E-state index in [1.54, 1.807) is 6.07 Å². The SMILES string of the molecule is CN(C)c1nc(CN)cc(Oc2ccc(CS)cc2)n1. The van der Waals surface area contributed by atoms with Crippen LogP contribution in [0.4, 0.5) is 5.95 Å². The maximum absolute atomic E-state index is 5.75. The van der Waals surface area contributed by atoms with Crippen LogP contribution in [0, 0.1) is 0 Å². The van der Waals surface area contributed by atoms with Crippen molar-refractivity contribution in [3.8, 4) is 11.6 Å². The number of anilines is 1. The molecule has 0 bridgehead atoms. The Kier molecular flexibility index (Phi) is 4.81. The van der Waals surface area contributed by atoms with Gasteiger partial charge in [-0.1, -0.05) is 12.1 Å². The Morgan fingerprint density at radius 2 is 1.90 bits per heavy atom. The van der Waals surface area contributed by atoms with Crippen molar-refractivity contribution in [1.82, 2.24) is 9.97 Å². The molecule has 0 saturated heterocycles. The Balaban J connectivity index is 2.24. The van der Waals surface area contributed by atoms with Crippen LogP contribution in [0.15, 0.2) is 30.3 Å². The van der Waals surface area contributed by atoms with Gasteiger partial charge in [-0.3, -0.25) is 0 Å². The Hall–Kier alpha value is -1.79. The van der Waals surface area contributed by atoms with Crippen molar-refractivity contribution in [3.63, 3.8) is 0 Å². The van der Waals surface area contributed by atoms with E-state index in [1.807, 2.05) is 43.3 Å². The number of benzene rings is 1. The smallest absolute Gasteiger partial charge is 0.228 e. The van der Waals surface area contributed by atoms with Crippen LogP contribution in [0.5, 0.6) is 11.6 Å². The van der Waals surface area contributed by atoms with Crippen LogP contribution < -0.4 is 15.4 Å². The van der Waals surface area contributed by atoms with E-state index in [9.17, 15) is 0 Å². The van der Waals surface area contributed by atoms with E-state index in [-0.39, 0.29) is 0 Å².